The van der Waals surface area contributed by atoms with Crippen molar-refractivity contribution in [2.45, 2.75) is 19.8 Å². The maximum Gasteiger partial charge on any atom is 0.262 e. The Balaban J connectivity index is 1.98. The average Bonchev–Trinajstić information content (AvgIpc) is 2.54. The molecule has 1 N–H and O–H groups in total. The van der Waals surface area contributed by atoms with Gasteiger partial charge in [0.05, 0.1) is 13.7 Å². The van der Waals surface area contributed by atoms with Crippen molar-refractivity contribution in [2.75, 3.05) is 25.6 Å². The van der Waals surface area contributed by atoms with Crippen LogP contribution in [0, 0.1) is 0 Å². The molecule has 6 heteroatoms. The third-order valence-corrected chi connectivity index (χ3v) is 2.84. The molecule has 2 rings (SSSR count). The Labute approximate surface area is 124 Å². The number of methoxy groups -OCH3 is 1. The summed E-state index contributed by atoms with van der Waals surface area (Å²) in [6.07, 6.45) is 4.96. The number of hydrogen-bond donors (Lipinski definition) is 1. The number of anilines is 1. The van der Waals surface area contributed by atoms with Gasteiger partial charge in [-0.1, -0.05) is 13.0 Å². The lowest BCUT2D eigenvalue weighted by atomic mass is 10.3. The molecule has 0 unspecified atom stereocenters. The van der Waals surface area contributed by atoms with E-state index in [1.807, 2.05) is 18.2 Å². The molecule has 0 saturated carbocycles. The van der Waals surface area contributed by atoms with Crippen LogP contribution in [0.5, 0.6) is 11.6 Å². The summed E-state index contributed by atoms with van der Waals surface area (Å²) < 4.78 is 11.0. The van der Waals surface area contributed by atoms with E-state index >= 15 is 0 Å². The van der Waals surface area contributed by atoms with E-state index in [2.05, 4.69) is 27.2 Å². The predicted molar refractivity (Wildman–Crippen MR) is 80.8 cm³/mol. The van der Waals surface area contributed by atoms with Crippen molar-refractivity contribution < 1.29 is 9.47 Å². The molecule has 0 aliphatic carbocycles. The fraction of sp³-hybridized carbons (Fsp3) is 0.400. The normalized spacial score (nSPS) is 10.2. The minimum absolute atomic E-state index is 0.446. The fourth-order valence-electron chi connectivity index (χ4n) is 1.81. The summed E-state index contributed by atoms with van der Waals surface area (Å²) in [5.41, 5.74) is 0.981. The van der Waals surface area contributed by atoms with Gasteiger partial charge in [-0.3, -0.25) is 4.98 Å². The summed E-state index contributed by atoms with van der Waals surface area (Å²) in [5, 5.41) is 3.19. The van der Waals surface area contributed by atoms with Crippen molar-refractivity contribution in [2.24, 2.45) is 0 Å². The van der Waals surface area contributed by atoms with Crippen molar-refractivity contribution in [1.29, 1.82) is 0 Å². The van der Waals surface area contributed by atoms with Gasteiger partial charge in [0.2, 0.25) is 5.75 Å². The molecular formula is C15H20N4O2. The SMILES string of the molecule is CCCNc1ncnc(OCCc2ccccn2)c1OC. The molecule has 0 aliphatic rings. The standard InChI is InChI=1S/C15H20N4O2/c1-3-8-17-14-13(20-2)15(19-11-18-14)21-10-7-12-6-4-5-9-16-12/h4-6,9,11H,3,7-8,10H2,1-2H3,(H,17,18,19). The van der Waals surface area contributed by atoms with Crippen LogP contribution >= 0.6 is 0 Å². The summed E-state index contributed by atoms with van der Waals surface area (Å²) >= 11 is 0. The van der Waals surface area contributed by atoms with Crippen LogP contribution in [-0.4, -0.2) is 35.2 Å². The highest BCUT2D eigenvalue weighted by Crippen LogP contribution is 2.30. The van der Waals surface area contributed by atoms with E-state index in [1.165, 1.54) is 6.33 Å². The van der Waals surface area contributed by atoms with Gasteiger partial charge < -0.3 is 14.8 Å². The summed E-state index contributed by atoms with van der Waals surface area (Å²) in [6, 6.07) is 5.82. The highest BCUT2D eigenvalue weighted by Gasteiger charge is 2.13. The lowest BCUT2D eigenvalue weighted by Gasteiger charge is -2.13. The van der Waals surface area contributed by atoms with E-state index in [0.29, 0.717) is 30.5 Å². The monoisotopic (exact) mass is 288 g/mol. The van der Waals surface area contributed by atoms with Crippen LogP contribution in [-0.2, 0) is 6.42 Å². The molecule has 0 fully saturated rings. The van der Waals surface area contributed by atoms with Gasteiger partial charge in [-0.05, 0) is 18.6 Å². The highest BCUT2D eigenvalue weighted by atomic mass is 16.5. The molecule has 2 aromatic heterocycles. The first kappa shape index (κ1) is 15.0. The van der Waals surface area contributed by atoms with Crippen LogP contribution in [0.2, 0.25) is 0 Å². The topological polar surface area (TPSA) is 69.2 Å². The summed E-state index contributed by atoms with van der Waals surface area (Å²) in [6.45, 7) is 3.39. The van der Waals surface area contributed by atoms with Crippen molar-refractivity contribution in [1.82, 2.24) is 15.0 Å². The maximum atomic E-state index is 5.70. The quantitative estimate of drug-likeness (QED) is 0.804. The number of hydrogen-bond acceptors (Lipinski definition) is 6. The predicted octanol–water partition coefficient (Wildman–Crippen LogP) is 2.32. The Morgan fingerprint density at radius 3 is 2.81 bits per heavy atom. The van der Waals surface area contributed by atoms with E-state index in [0.717, 1.165) is 18.7 Å². The zero-order chi connectivity index (χ0) is 14.9. The third-order valence-electron chi connectivity index (χ3n) is 2.84. The summed E-state index contributed by atoms with van der Waals surface area (Å²) in [4.78, 5) is 12.6. The second-order valence-corrected chi connectivity index (χ2v) is 4.41. The number of pyridine rings is 1. The highest BCUT2D eigenvalue weighted by molar-refractivity contribution is 5.54. The number of rotatable bonds is 8. The van der Waals surface area contributed by atoms with Gasteiger partial charge in [-0.2, -0.15) is 4.98 Å². The second kappa shape index (κ2) is 8.04. The first-order valence-electron chi connectivity index (χ1n) is 7.00. The smallest absolute Gasteiger partial charge is 0.262 e. The lowest BCUT2D eigenvalue weighted by molar-refractivity contribution is 0.284. The van der Waals surface area contributed by atoms with Crippen LogP contribution in [0.1, 0.15) is 19.0 Å². The van der Waals surface area contributed by atoms with E-state index in [4.69, 9.17) is 9.47 Å². The minimum Gasteiger partial charge on any atom is -0.489 e. The fourth-order valence-corrected chi connectivity index (χ4v) is 1.81. The van der Waals surface area contributed by atoms with Crippen molar-refractivity contribution in [3.63, 3.8) is 0 Å². The first-order valence-corrected chi connectivity index (χ1v) is 7.00. The lowest BCUT2D eigenvalue weighted by Crippen LogP contribution is -2.09. The molecule has 0 radical (unpaired) electrons. The molecule has 0 spiro atoms. The number of nitrogens with one attached hydrogen (secondary N) is 1. The van der Waals surface area contributed by atoms with Gasteiger partial charge in [-0.15, -0.1) is 0 Å². The van der Waals surface area contributed by atoms with E-state index in [9.17, 15) is 0 Å². The molecule has 21 heavy (non-hydrogen) atoms. The second-order valence-electron chi connectivity index (χ2n) is 4.41. The van der Waals surface area contributed by atoms with Crippen molar-refractivity contribution in [3.05, 3.63) is 36.4 Å². The van der Waals surface area contributed by atoms with Gasteiger partial charge in [0, 0.05) is 24.9 Å². The Bertz CT molecular complexity index is 549. The molecule has 0 bridgehead atoms. The molecule has 0 saturated heterocycles. The first-order chi connectivity index (χ1) is 10.3. The van der Waals surface area contributed by atoms with Gasteiger partial charge >= 0.3 is 0 Å². The van der Waals surface area contributed by atoms with E-state index in [-0.39, 0.29) is 0 Å². The Morgan fingerprint density at radius 1 is 1.19 bits per heavy atom. The van der Waals surface area contributed by atoms with E-state index < -0.39 is 0 Å². The third kappa shape index (κ3) is 4.30. The Kier molecular flexibility index (Phi) is 5.75. The largest absolute Gasteiger partial charge is 0.489 e. The molecule has 2 aromatic rings. The van der Waals surface area contributed by atoms with E-state index in [1.54, 1.807) is 13.3 Å². The molecule has 0 aromatic carbocycles. The van der Waals surface area contributed by atoms with Crippen LogP contribution < -0.4 is 14.8 Å². The Morgan fingerprint density at radius 2 is 2.10 bits per heavy atom. The summed E-state index contributed by atoms with van der Waals surface area (Å²) in [5.74, 6) is 1.64. The van der Waals surface area contributed by atoms with Gasteiger partial charge in [0.25, 0.3) is 5.88 Å². The number of aromatic nitrogens is 3. The molecule has 2 heterocycles. The van der Waals surface area contributed by atoms with Gasteiger partial charge in [-0.25, -0.2) is 4.98 Å². The molecule has 6 nitrogen and oxygen atoms in total. The summed E-state index contributed by atoms with van der Waals surface area (Å²) in [7, 11) is 1.58. The molecule has 0 atom stereocenters. The molecule has 0 aliphatic heterocycles. The van der Waals surface area contributed by atoms with Crippen LogP contribution in [0.3, 0.4) is 0 Å². The average molecular weight is 288 g/mol. The molecule has 0 amide bonds. The Hall–Kier alpha value is -2.37. The zero-order valence-electron chi connectivity index (χ0n) is 12.4. The minimum atomic E-state index is 0.446. The van der Waals surface area contributed by atoms with Crippen molar-refractivity contribution in [3.8, 4) is 11.6 Å². The number of nitrogens with zero attached hydrogens (tertiary/aromatic N) is 3. The molecule has 112 valence electrons. The van der Waals surface area contributed by atoms with Crippen LogP contribution in [0.25, 0.3) is 0 Å². The maximum absolute atomic E-state index is 5.70. The number of ether oxygens (including phenoxy) is 2. The van der Waals surface area contributed by atoms with Crippen molar-refractivity contribution >= 4 is 5.82 Å². The van der Waals surface area contributed by atoms with Crippen LogP contribution in [0.4, 0.5) is 5.82 Å². The molecular weight excluding hydrogens is 268 g/mol. The van der Waals surface area contributed by atoms with Gasteiger partial charge in [0.1, 0.15) is 6.33 Å². The van der Waals surface area contributed by atoms with Crippen LogP contribution in [0.15, 0.2) is 30.7 Å². The van der Waals surface area contributed by atoms with Gasteiger partial charge in [0.15, 0.2) is 5.82 Å². The zero-order valence-corrected chi connectivity index (χ0v) is 12.4.